The largest absolute Gasteiger partial charge is 0.497 e. The molecule has 35 heavy (non-hydrogen) atoms. The van der Waals surface area contributed by atoms with Crippen LogP contribution in [0, 0.1) is 5.92 Å². The zero-order valence-corrected chi connectivity index (χ0v) is 20.6. The first-order chi connectivity index (χ1) is 17.0. The second kappa shape index (κ2) is 11.4. The minimum absolute atomic E-state index is 0.0756. The summed E-state index contributed by atoms with van der Waals surface area (Å²) in [6, 6.07) is 15.3. The van der Waals surface area contributed by atoms with Gasteiger partial charge in [0.2, 0.25) is 0 Å². The lowest BCUT2D eigenvalue weighted by molar-refractivity contribution is -0.149. The summed E-state index contributed by atoms with van der Waals surface area (Å²) < 4.78 is 16.2. The minimum atomic E-state index is -0.282. The zero-order chi connectivity index (χ0) is 24.8. The predicted octanol–water partition coefficient (Wildman–Crippen LogP) is 3.66. The standard InChI is InChI=1S/C27H33N3O5/c1-4-35-27(32)20-12-14-29(15-13-20)18-26(31)30-24(17-23(28-30)19-8-6-5-7-9-19)22-11-10-21(33-2)16-25(22)34-3/h5-11,16,20,24H,4,12-15,17-18H2,1-3H3. The molecule has 0 aromatic heterocycles. The fourth-order valence-electron chi connectivity index (χ4n) is 4.73. The molecule has 0 aliphatic carbocycles. The highest BCUT2D eigenvalue weighted by Gasteiger charge is 2.36. The van der Waals surface area contributed by atoms with Gasteiger partial charge in [-0.15, -0.1) is 0 Å². The van der Waals surface area contributed by atoms with E-state index in [1.807, 2.05) is 55.5 Å². The first-order valence-electron chi connectivity index (χ1n) is 12.1. The first-order valence-corrected chi connectivity index (χ1v) is 12.1. The first kappa shape index (κ1) is 24.7. The molecule has 1 atom stereocenters. The molecule has 2 aromatic rings. The summed E-state index contributed by atoms with van der Waals surface area (Å²) in [7, 11) is 3.23. The Kier molecular flexibility index (Phi) is 8.02. The van der Waals surface area contributed by atoms with Gasteiger partial charge < -0.3 is 14.2 Å². The van der Waals surface area contributed by atoms with Crippen LogP contribution in [0.2, 0.25) is 0 Å². The maximum atomic E-state index is 13.5. The summed E-state index contributed by atoms with van der Waals surface area (Å²) in [6.07, 6.45) is 1.98. The summed E-state index contributed by atoms with van der Waals surface area (Å²) in [6.45, 7) is 3.81. The van der Waals surface area contributed by atoms with E-state index in [1.165, 1.54) is 0 Å². The average molecular weight is 480 g/mol. The monoisotopic (exact) mass is 479 g/mol. The average Bonchev–Trinajstić information content (AvgIpc) is 3.35. The lowest BCUT2D eigenvalue weighted by atomic mass is 9.96. The molecule has 0 bridgehead atoms. The molecule has 186 valence electrons. The zero-order valence-electron chi connectivity index (χ0n) is 20.6. The molecule has 1 fully saturated rings. The van der Waals surface area contributed by atoms with Crippen molar-refractivity contribution in [2.45, 2.75) is 32.2 Å². The fourth-order valence-corrected chi connectivity index (χ4v) is 4.73. The number of benzene rings is 2. The lowest BCUT2D eigenvalue weighted by Gasteiger charge is -2.32. The molecule has 0 saturated carbocycles. The number of carbonyl (C=O) groups excluding carboxylic acids is 2. The van der Waals surface area contributed by atoms with Crippen molar-refractivity contribution in [1.82, 2.24) is 9.91 Å². The van der Waals surface area contributed by atoms with Crippen LogP contribution in [0.4, 0.5) is 0 Å². The number of rotatable bonds is 8. The molecule has 1 amide bonds. The van der Waals surface area contributed by atoms with Crippen LogP contribution in [0.3, 0.4) is 0 Å². The van der Waals surface area contributed by atoms with Gasteiger partial charge in [0.05, 0.1) is 45.0 Å². The summed E-state index contributed by atoms with van der Waals surface area (Å²) in [5.74, 6) is 1.05. The predicted molar refractivity (Wildman–Crippen MR) is 133 cm³/mol. The summed E-state index contributed by atoms with van der Waals surface area (Å²) in [4.78, 5) is 27.7. The van der Waals surface area contributed by atoms with Gasteiger partial charge in [-0.2, -0.15) is 5.10 Å². The molecule has 0 N–H and O–H groups in total. The smallest absolute Gasteiger partial charge is 0.309 e. The number of piperidine rings is 1. The molecule has 2 heterocycles. The van der Waals surface area contributed by atoms with Crippen LogP contribution in [-0.2, 0) is 14.3 Å². The molecular formula is C27H33N3O5. The van der Waals surface area contributed by atoms with E-state index in [0.717, 1.165) is 16.8 Å². The van der Waals surface area contributed by atoms with Gasteiger partial charge in [0.1, 0.15) is 11.5 Å². The quantitative estimate of drug-likeness (QED) is 0.538. The molecule has 8 heteroatoms. The van der Waals surface area contributed by atoms with Gasteiger partial charge in [-0.1, -0.05) is 30.3 Å². The lowest BCUT2D eigenvalue weighted by Crippen LogP contribution is -2.43. The summed E-state index contributed by atoms with van der Waals surface area (Å²) in [5, 5.41) is 6.38. The Labute approximate surface area is 206 Å². The molecule has 4 rings (SSSR count). The van der Waals surface area contributed by atoms with Crippen molar-refractivity contribution in [3.05, 3.63) is 59.7 Å². The molecule has 2 aromatic carbocycles. The van der Waals surface area contributed by atoms with E-state index >= 15 is 0 Å². The molecule has 1 saturated heterocycles. The van der Waals surface area contributed by atoms with Crippen LogP contribution in [0.15, 0.2) is 53.6 Å². The third-order valence-corrected chi connectivity index (χ3v) is 6.64. The molecule has 0 radical (unpaired) electrons. The van der Waals surface area contributed by atoms with Crippen molar-refractivity contribution < 1.29 is 23.8 Å². The Bertz CT molecular complexity index is 1060. The number of methoxy groups -OCH3 is 2. The highest BCUT2D eigenvalue weighted by molar-refractivity contribution is 6.03. The number of likely N-dealkylation sites (tertiary alicyclic amines) is 1. The van der Waals surface area contributed by atoms with E-state index < -0.39 is 0 Å². The van der Waals surface area contributed by atoms with Gasteiger partial charge >= 0.3 is 5.97 Å². The Morgan fingerprint density at radius 3 is 2.43 bits per heavy atom. The molecule has 2 aliphatic heterocycles. The minimum Gasteiger partial charge on any atom is -0.497 e. The fraction of sp³-hybridized carbons (Fsp3) is 0.444. The van der Waals surface area contributed by atoms with Crippen molar-refractivity contribution in [2.75, 3.05) is 40.5 Å². The number of nitrogens with zero attached hydrogens (tertiary/aromatic N) is 3. The number of carbonyl (C=O) groups is 2. The highest BCUT2D eigenvalue weighted by atomic mass is 16.5. The Balaban J connectivity index is 1.53. The van der Waals surface area contributed by atoms with Gasteiger partial charge in [-0.3, -0.25) is 14.5 Å². The number of ether oxygens (including phenoxy) is 3. The summed E-state index contributed by atoms with van der Waals surface area (Å²) in [5.41, 5.74) is 2.75. The summed E-state index contributed by atoms with van der Waals surface area (Å²) >= 11 is 0. The van der Waals surface area contributed by atoms with Crippen molar-refractivity contribution in [3.8, 4) is 11.5 Å². The van der Waals surface area contributed by atoms with Crippen LogP contribution in [-0.4, -0.2) is 68.0 Å². The third-order valence-electron chi connectivity index (χ3n) is 6.64. The number of esters is 1. The Morgan fingerprint density at radius 2 is 1.77 bits per heavy atom. The van der Waals surface area contributed by atoms with E-state index in [9.17, 15) is 9.59 Å². The van der Waals surface area contributed by atoms with Gasteiger partial charge in [0.15, 0.2) is 0 Å². The second-order valence-electron chi connectivity index (χ2n) is 8.78. The molecule has 8 nitrogen and oxygen atoms in total. The van der Waals surface area contributed by atoms with Crippen LogP contribution in [0.5, 0.6) is 11.5 Å². The van der Waals surface area contributed by atoms with Crippen LogP contribution in [0.1, 0.15) is 43.4 Å². The second-order valence-corrected chi connectivity index (χ2v) is 8.78. The number of hydrazone groups is 1. The van der Waals surface area contributed by atoms with Gasteiger partial charge in [-0.05, 0) is 50.6 Å². The van der Waals surface area contributed by atoms with Crippen LogP contribution >= 0.6 is 0 Å². The van der Waals surface area contributed by atoms with Crippen molar-refractivity contribution >= 4 is 17.6 Å². The van der Waals surface area contributed by atoms with Crippen molar-refractivity contribution in [2.24, 2.45) is 11.0 Å². The van der Waals surface area contributed by atoms with E-state index in [0.29, 0.717) is 50.5 Å². The van der Waals surface area contributed by atoms with Gasteiger partial charge in [-0.25, -0.2) is 5.01 Å². The number of hydrogen-bond acceptors (Lipinski definition) is 7. The van der Waals surface area contributed by atoms with E-state index in [1.54, 1.807) is 19.2 Å². The van der Waals surface area contributed by atoms with E-state index in [4.69, 9.17) is 19.3 Å². The maximum absolute atomic E-state index is 13.5. The SMILES string of the molecule is CCOC(=O)C1CCN(CC(=O)N2N=C(c3ccccc3)CC2c2ccc(OC)cc2OC)CC1. The van der Waals surface area contributed by atoms with E-state index in [2.05, 4.69) is 4.90 Å². The Hall–Kier alpha value is -3.39. The van der Waals surface area contributed by atoms with Crippen LogP contribution < -0.4 is 9.47 Å². The Morgan fingerprint density at radius 1 is 1.03 bits per heavy atom. The molecule has 2 aliphatic rings. The number of amides is 1. The molecule has 0 spiro atoms. The van der Waals surface area contributed by atoms with Crippen molar-refractivity contribution in [3.63, 3.8) is 0 Å². The van der Waals surface area contributed by atoms with E-state index in [-0.39, 0.29) is 30.4 Å². The normalized spacial score (nSPS) is 18.8. The topological polar surface area (TPSA) is 80.7 Å². The van der Waals surface area contributed by atoms with Gasteiger partial charge in [0.25, 0.3) is 5.91 Å². The maximum Gasteiger partial charge on any atom is 0.309 e. The van der Waals surface area contributed by atoms with Gasteiger partial charge in [0, 0.05) is 18.1 Å². The third kappa shape index (κ3) is 5.65. The molecule has 1 unspecified atom stereocenters. The highest BCUT2D eigenvalue weighted by Crippen LogP contribution is 2.39. The number of hydrogen-bond donors (Lipinski definition) is 0. The molecular weight excluding hydrogens is 446 g/mol. The van der Waals surface area contributed by atoms with Crippen LogP contribution in [0.25, 0.3) is 0 Å². The van der Waals surface area contributed by atoms with Crippen molar-refractivity contribution in [1.29, 1.82) is 0 Å².